The van der Waals surface area contributed by atoms with Gasteiger partial charge in [0.25, 0.3) is 0 Å². The molecule has 0 aliphatic carbocycles. The molecule has 1 fully saturated rings. The smallest absolute Gasteiger partial charge is 0.406 e. The van der Waals surface area contributed by atoms with Gasteiger partial charge in [0.2, 0.25) is 11.8 Å². The Kier molecular flexibility index (Phi) is 7.10. The van der Waals surface area contributed by atoms with Gasteiger partial charge in [0.05, 0.1) is 0 Å². The SMILES string of the molecule is Cl.NC(C(=O)NC1CCN(c2cccc(OC(F)(F)F)c2)C1=O)c1ccccc1. The molecule has 10 heteroatoms. The van der Waals surface area contributed by atoms with E-state index in [2.05, 4.69) is 10.1 Å². The molecule has 0 bridgehead atoms. The highest BCUT2D eigenvalue weighted by Gasteiger charge is 2.35. The van der Waals surface area contributed by atoms with Crippen molar-refractivity contribution in [3.8, 4) is 5.75 Å². The van der Waals surface area contributed by atoms with E-state index >= 15 is 0 Å². The summed E-state index contributed by atoms with van der Waals surface area (Å²) in [5.74, 6) is -1.34. The molecule has 0 spiro atoms. The van der Waals surface area contributed by atoms with Gasteiger partial charge in [0.15, 0.2) is 0 Å². The summed E-state index contributed by atoms with van der Waals surface area (Å²) in [6.45, 7) is 0.250. The maximum absolute atomic E-state index is 12.6. The fourth-order valence-corrected chi connectivity index (χ4v) is 2.99. The van der Waals surface area contributed by atoms with E-state index in [4.69, 9.17) is 5.73 Å². The summed E-state index contributed by atoms with van der Waals surface area (Å²) in [6, 6.07) is 12.1. The van der Waals surface area contributed by atoms with E-state index < -0.39 is 36.0 Å². The molecule has 2 amide bonds. The molecular formula is C19H19ClF3N3O3. The number of hydrogen-bond acceptors (Lipinski definition) is 4. The third-order valence-corrected chi connectivity index (χ3v) is 4.33. The highest BCUT2D eigenvalue weighted by molar-refractivity contribution is 6.01. The summed E-state index contributed by atoms with van der Waals surface area (Å²) in [6.07, 6.45) is -4.51. The fraction of sp³-hybridized carbons (Fsp3) is 0.263. The second-order valence-electron chi connectivity index (χ2n) is 6.27. The first-order valence-electron chi connectivity index (χ1n) is 8.53. The minimum absolute atomic E-state index is 0. The Bertz CT molecular complexity index is 865. The van der Waals surface area contributed by atoms with Crippen molar-refractivity contribution < 1.29 is 27.5 Å². The van der Waals surface area contributed by atoms with Crippen LogP contribution in [0.3, 0.4) is 0 Å². The van der Waals surface area contributed by atoms with E-state index in [0.29, 0.717) is 12.0 Å². The zero-order valence-electron chi connectivity index (χ0n) is 15.1. The van der Waals surface area contributed by atoms with Gasteiger partial charge in [-0.2, -0.15) is 0 Å². The molecule has 2 atom stereocenters. The quantitative estimate of drug-likeness (QED) is 0.765. The number of rotatable bonds is 5. The monoisotopic (exact) mass is 429 g/mol. The van der Waals surface area contributed by atoms with Gasteiger partial charge >= 0.3 is 6.36 Å². The highest BCUT2D eigenvalue weighted by Crippen LogP contribution is 2.29. The number of carbonyl (C=O) groups is 2. The van der Waals surface area contributed by atoms with Crippen molar-refractivity contribution in [1.82, 2.24) is 5.32 Å². The molecule has 0 saturated carbocycles. The molecule has 1 aliphatic heterocycles. The topological polar surface area (TPSA) is 84.7 Å². The van der Waals surface area contributed by atoms with E-state index in [1.807, 2.05) is 0 Å². The summed E-state index contributed by atoms with van der Waals surface area (Å²) >= 11 is 0. The second-order valence-corrected chi connectivity index (χ2v) is 6.27. The molecule has 3 N–H and O–H groups in total. The minimum Gasteiger partial charge on any atom is -0.406 e. The van der Waals surface area contributed by atoms with Crippen molar-refractivity contribution in [1.29, 1.82) is 0 Å². The van der Waals surface area contributed by atoms with Gasteiger partial charge in [-0.1, -0.05) is 36.4 Å². The average Bonchev–Trinajstić information content (AvgIpc) is 3.01. The maximum Gasteiger partial charge on any atom is 0.573 e. The summed E-state index contributed by atoms with van der Waals surface area (Å²) < 4.78 is 41.0. The van der Waals surface area contributed by atoms with Crippen LogP contribution in [-0.2, 0) is 9.59 Å². The number of amides is 2. The zero-order chi connectivity index (χ0) is 20.3. The van der Waals surface area contributed by atoms with Gasteiger partial charge in [-0.25, -0.2) is 0 Å². The van der Waals surface area contributed by atoms with Gasteiger partial charge in [-0.3, -0.25) is 9.59 Å². The molecule has 29 heavy (non-hydrogen) atoms. The van der Waals surface area contributed by atoms with E-state index in [0.717, 1.165) is 12.1 Å². The molecule has 2 unspecified atom stereocenters. The van der Waals surface area contributed by atoms with Crippen LogP contribution < -0.4 is 20.7 Å². The third kappa shape index (κ3) is 5.61. The Balaban J connectivity index is 0.00000300. The third-order valence-electron chi connectivity index (χ3n) is 4.33. The van der Waals surface area contributed by atoms with Gasteiger partial charge in [0.1, 0.15) is 17.8 Å². The van der Waals surface area contributed by atoms with Crippen LogP contribution in [0.1, 0.15) is 18.0 Å². The summed E-state index contributed by atoms with van der Waals surface area (Å²) in [7, 11) is 0. The first kappa shape index (κ1) is 22.5. The fourth-order valence-electron chi connectivity index (χ4n) is 2.99. The number of ether oxygens (including phenoxy) is 1. The highest BCUT2D eigenvalue weighted by atomic mass is 35.5. The number of nitrogens with two attached hydrogens (primary N) is 1. The first-order chi connectivity index (χ1) is 13.2. The Morgan fingerprint density at radius 2 is 1.86 bits per heavy atom. The standard InChI is InChI=1S/C19H18F3N3O3.ClH/c20-19(21,22)28-14-8-4-7-13(11-14)25-10-9-15(18(25)27)24-17(26)16(23)12-5-2-1-3-6-12;/h1-8,11,15-16H,9-10,23H2,(H,24,26);1H. The van der Waals surface area contributed by atoms with Crippen LogP contribution in [0.15, 0.2) is 54.6 Å². The Morgan fingerprint density at radius 3 is 2.52 bits per heavy atom. The number of nitrogens with zero attached hydrogens (tertiary/aromatic N) is 1. The lowest BCUT2D eigenvalue weighted by Crippen LogP contribution is -2.45. The molecule has 0 radical (unpaired) electrons. The Hall–Kier alpha value is -2.78. The molecule has 1 aliphatic rings. The lowest BCUT2D eigenvalue weighted by Gasteiger charge is -2.19. The van der Waals surface area contributed by atoms with Crippen LogP contribution in [0.5, 0.6) is 5.75 Å². The largest absolute Gasteiger partial charge is 0.573 e. The molecule has 156 valence electrons. The van der Waals surface area contributed by atoms with Crippen molar-refractivity contribution in [2.24, 2.45) is 5.73 Å². The molecule has 6 nitrogen and oxygen atoms in total. The maximum atomic E-state index is 12.6. The van der Waals surface area contributed by atoms with Crippen molar-refractivity contribution in [3.63, 3.8) is 0 Å². The Labute approximate surface area is 171 Å². The molecule has 2 aromatic carbocycles. The van der Waals surface area contributed by atoms with Crippen LogP contribution >= 0.6 is 12.4 Å². The summed E-state index contributed by atoms with van der Waals surface area (Å²) in [5.41, 5.74) is 6.80. The van der Waals surface area contributed by atoms with Gasteiger partial charge < -0.3 is 20.7 Å². The number of nitrogens with one attached hydrogen (secondary N) is 1. The first-order valence-corrected chi connectivity index (χ1v) is 8.53. The average molecular weight is 430 g/mol. The van der Waals surface area contributed by atoms with Crippen molar-refractivity contribution in [3.05, 3.63) is 60.2 Å². The van der Waals surface area contributed by atoms with Crippen LogP contribution in [0.25, 0.3) is 0 Å². The van der Waals surface area contributed by atoms with E-state index in [9.17, 15) is 22.8 Å². The summed E-state index contributed by atoms with van der Waals surface area (Å²) in [5, 5.41) is 2.61. The van der Waals surface area contributed by atoms with Gasteiger partial charge in [0, 0.05) is 18.3 Å². The summed E-state index contributed by atoms with van der Waals surface area (Å²) in [4.78, 5) is 26.3. The molecule has 1 saturated heterocycles. The zero-order valence-corrected chi connectivity index (χ0v) is 15.9. The van der Waals surface area contributed by atoms with E-state index in [1.54, 1.807) is 30.3 Å². The lowest BCUT2D eigenvalue weighted by atomic mass is 10.1. The molecular weight excluding hydrogens is 411 g/mol. The van der Waals surface area contributed by atoms with Gasteiger partial charge in [-0.05, 0) is 24.1 Å². The van der Waals surface area contributed by atoms with Crippen molar-refractivity contribution in [2.75, 3.05) is 11.4 Å². The predicted molar refractivity (Wildman–Crippen MR) is 103 cm³/mol. The minimum atomic E-state index is -4.82. The molecule has 1 heterocycles. The lowest BCUT2D eigenvalue weighted by molar-refractivity contribution is -0.274. The van der Waals surface area contributed by atoms with Crippen molar-refractivity contribution in [2.45, 2.75) is 24.9 Å². The number of benzene rings is 2. The normalized spacial score (nSPS) is 17.4. The molecule has 0 aromatic heterocycles. The van der Waals surface area contributed by atoms with Crippen LogP contribution in [0.2, 0.25) is 0 Å². The number of anilines is 1. The van der Waals surface area contributed by atoms with Crippen LogP contribution in [0.4, 0.5) is 18.9 Å². The molecule has 2 aromatic rings. The van der Waals surface area contributed by atoms with Crippen molar-refractivity contribution >= 4 is 29.9 Å². The van der Waals surface area contributed by atoms with Gasteiger partial charge in [-0.15, -0.1) is 25.6 Å². The number of carbonyl (C=O) groups excluding carboxylic acids is 2. The number of alkyl halides is 3. The van der Waals surface area contributed by atoms with Crippen LogP contribution in [0, 0.1) is 0 Å². The van der Waals surface area contributed by atoms with E-state index in [1.165, 1.54) is 17.0 Å². The number of halogens is 4. The Morgan fingerprint density at radius 1 is 1.17 bits per heavy atom. The van der Waals surface area contributed by atoms with Crippen LogP contribution in [-0.4, -0.2) is 30.8 Å². The van der Waals surface area contributed by atoms with E-state index in [-0.39, 0.29) is 24.6 Å². The molecule has 3 rings (SSSR count). The second kappa shape index (κ2) is 9.15. The number of hydrogen-bond donors (Lipinski definition) is 2. The predicted octanol–water partition coefficient (Wildman–Crippen LogP) is 2.93.